The van der Waals surface area contributed by atoms with Gasteiger partial charge in [-0.1, -0.05) is 96.8 Å². The van der Waals surface area contributed by atoms with Crippen molar-refractivity contribution in [2.45, 2.75) is 230 Å². The molecule has 17 rings (SSSR count). The summed E-state index contributed by atoms with van der Waals surface area (Å²) in [4.78, 5) is 140. The molecule has 0 radical (unpaired) electrons. The van der Waals surface area contributed by atoms with Gasteiger partial charge < -0.3 is 39.3 Å². The number of hydroxylamine groups is 2. The van der Waals surface area contributed by atoms with Crippen LogP contribution in [0.1, 0.15) is 198 Å². The number of methoxy groups -OCH3 is 2. The quantitative estimate of drug-likeness (QED) is 0.0117. The third-order valence-corrected chi connectivity index (χ3v) is 27.3. The normalized spacial score (nSPS) is 33.4. The van der Waals surface area contributed by atoms with Crippen LogP contribution < -0.4 is 5.73 Å². The van der Waals surface area contributed by atoms with Crippen molar-refractivity contribution in [2.24, 2.45) is 129 Å². The van der Waals surface area contributed by atoms with Gasteiger partial charge in [0.15, 0.2) is 0 Å². The fourth-order valence-corrected chi connectivity index (χ4v) is 19.8. The number of hydrogen-bond donors (Lipinski definition) is 2. The molecule has 114 heavy (non-hydrogen) atoms. The highest BCUT2D eigenvalue weighted by atomic mass is 35.5. The first-order valence-corrected chi connectivity index (χ1v) is 41.9. The van der Waals surface area contributed by atoms with Crippen LogP contribution in [0.25, 0.3) is 10.4 Å². The van der Waals surface area contributed by atoms with Gasteiger partial charge in [-0.15, -0.1) is 25.6 Å². The van der Waals surface area contributed by atoms with Gasteiger partial charge in [0.2, 0.25) is 11.8 Å². The largest absolute Gasteiger partial charge is 0.534 e. The number of aliphatic carboxylic acids is 1. The Hall–Kier alpha value is -8.35. The van der Waals surface area contributed by atoms with Crippen LogP contribution in [0.5, 0.6) is 0 Å². The Bertz CT molecular complexity index is 3740. The summed E-state index contributed by atoms with van der Waals surface area (Å²) >= 11 is 0. The number of hydrogen-bond acceptors (Lipinski definition) is 20. The molecule has 626 valence electrons. The summed E-state index contributed by atoms with van der Waals surface area (Å²) in [6.07, 6.45) is 28.4. The Balaban J connectivity index is 0.000000162. The summed E-state index contributed by atoms with van der Waals surface area (Å²) in [5, 5.41) is 13.7. The van der Waals surface area contributed by atoms with Crippen LogP contribution in [0.4, 0.5) is 14.4 Å². The Morgan fingerprint density at radius 1 is 0.579 bits per heavy atom. The molecule has 2 aromatic rings. The fraction of sp³-hybridized carbons (Fsp3) is 0.690. The number of cyclic esters (lactones) is 2. The van der Waals surface area contributed by atoms with E-state index in [0.29, 0.717) is 65.9 Å². The van der Waals surface area contributed by atoms with Crippen molar-refractivity contribution >= 4 is 78.3 Å². The number of nitrogens with zero attached hydrogens (tertiary/aromatic N) is 6. The number of nitrogens with two attached hydrogens (primary N) is 1. The van der Waals surface area contributed by atoms with Gasteiger partial charge in [0.25, 0.3) is 11.8 Å². The van der Waals surface area contributed by atoms with Crippen LogP contribution in [0.3, 0.4) is 0 Å². The second-order valence-electron chi connectivity index (χ2n) is 35.2. The van der Waals surface area contributed by atoms with E-state index < -0.39 is 54.0 Å². The van der Waals surface area contributed by atoms with Gasteiger partial charge in [-0.2, -0.15) is 0 Å². The van der Waals surface area contributed by atoms with Gasteiger partial charge in [0, 0.05) is 29.6 Å². The van der Waals surface area contributed by atoms with E-state index in [9.17, 15) is 57.8 Å². The highest BCUT2D eigenvalue weighted by Crippen LogP contribution is 2.60. The fourth-order valence-electron chi connectivity index (χ4n) is 19.8. The molecule has 3 N–H and O–H groups in total. The predicted molar refractivity (Wildman–Crippen MR) is 423 cm³/mol. The number of amides is 6. The number of imide groups is 3. The number of carbonyl (C=O) groups is 11. The zero-order chi connectivity index (χ0) is 84.3. The molecule has 3 saturated heterocycles. The Morgan fingerprint density at radius 2 is 0.982 bits per heavy atom. The number of ether oxygens (including phenoxy) is 6. The van der Waals surface area contributed by atoms with Gasteiger partial charge in [0.1, 0.15) is 37.5 Å². The maximum absolute atomic E-state index is 13.0. The third-order valence-electron chi connectivity index (χ3n) is 27.3. The van der Waals surface area contributed by atoms with E-state index in [1.54, 1.807) is 0 Å². The van der Waals surface area contributed by atoms with Crippen molar-refractivity contribution in [2.75, 3.05) is 27.4 Å². The van der Waals surface area contributed by atoms with Gasteiger partial charge in [-0.25, -0.2) is 24.2 Å². The van der Waals surface area contributed by atoms with Gasteiger partial charge >= 0.3 is 42.2 Å². The monoisotopic (exact) mass is 1610 g/mol. The smallest absolute Gasteiger partial charge is 0.481 e. The van der Waals surface area contributed by atoms with Crippen molar-refractivity contribution in [1.29, 1.82) is 0 Å². The molecule has 15 aliphatic rings. The van der Waals surface area contributed by atoms with Crippen LogP contribution in [0.15, 0.2) is 91.1 Å². The predicted octanol–water partition coefficient (Wildman–Crippen LogP) is 15.2. The molecule has 3 aliphatic heterocycles. The summed E-state index contributed by atoms with van der Waals surface area (Å²) in [5.41, 5.74) is 16.8. The molecule has 0 bridgehead atoms. The molecule has 5 unspecified atom stereocenters. The summed E-state index contributed by atoms with van der Waals surface area (Å²) in [6, 6.07) is 18.0. The van der Waals surface area contributed by atoms with Crippen LogP contribution in [-0.4, -0.2) is 150 Å². The SMILES string of the molecule is C=CCCC[C@@H]1C[C@H]1OC(=O)C[C@H](C(=O)O)C1C[C@@H]2C[C@@H]2C1.C=CCCC[C@@H]1C[C@H]1OC(=O)ON1C(=O)CCC1=O.COC(=O)[C@@H](C)C1C[C@@H]2C[C@@H]2C1.COC(=O)[C@@H](N)C1C[C@@H]2C[C@@H]2C1.C[C@H](C(=O)N1C(=O)OC[C@@H]1Cc1ccccc1)C1C[C@@H]2C[C@@H]2C1.Cl.[2H][2H].[2H][2H].[N-]=[N+]=N[C@H](C(=O)N1C(=O)OC[C@@H]1Cc1ccccc1)C1C[C@@H]2C[C@@H]2C1. The summed E-state index contributed by atoms with van der Waals surface area (Å²) in [6.45, 7) is 11.8. The van der Waals surface area contributed by atoms with Gasteiger partial charge in [-0.05, 0) is 278 Å². The number of unbranched alkanes of at least 4 members (excludes halogenated alkanes) is 2. The average molecular weight is 1610 g/mol. The van der Waals surface area contributed by atoms with E-state index in [1.165, 1.54) is 69.0 Å². The number of rotatable bonds is 28. The van der Waals surface area contributed by atoms with Crippen LogP contribution in [0.2, 0.25) is 0 Å². The minimum Gasteiger partial charge on any atom is -0.481 e. The lowest BCUT2D eigenvalue weighted by Crippen LogP contribution is -2.47. The minimum absolute atomic E-state index is 0. The average Bonchev–Trinajstić information content (AvgIpc) is 1.63. The number of azide groups is 1. The molecule has 12 aliphatic carbocycles. The van der Waals surface area contributed by atoms with E-state index in [1.807, 2.05) is 86.7 Å². The molecular weight excluding hydrogens is 1480 g/mol. The number of carbonyl (C=O) groups excluding carboxylic acids is 10. The number of carboxylic acid groups (broad SMARTS) is 1. The van der Waals surface area contributed by atoms with Crippen molar-refractivity contribution in [3.05, 3.63) is 108 Å². The van der Waals surface area contributed by atoms with Gasteiger partial charge in [-0.3, -0.25) is 43.2 Å². The molecule has 3 heterocycles. The number of fused-ring (bicyclic) bond motifs is 5. The molecule has 2 aromatic carbocycles. The highest BCUT2D eigenvalue weighted by molar-refractivity contribution is 6.01. The molecular formula is C87H122ClN7O19. The number of benzene rings is 2. The van der Waals surface area contributed by atoms with Crippen molar-refractivity contribution in [3.63, 3.8) is 0 Å². The lowest BCUT2D eigenvalue weighted by atomic mass is 9.86. The second kappa shape index (κ2) is 39.5. The zero-order valence-electron chi connectivity index (χ0n) is 70.5. The van der Waals surface area contributed by atoms with Crippen molar-refractivity contribution < 1.29 is 97.0 Å². The molecule has 27 heteroatoms. The Labute approximate surface area is 681 Å². The number of esters is 3. The molecule has 0 spiro atoms. The first kappa shape index (κ1) is 83.6. The summed E-state index contributed by atoms with van der Waals surface area (Å²) < 4.78 is 50.1. The molecule has 15 fully saturated rings. The van der Waals surface area contributed by atoms with Crippen LogP contribution in [0, 0.1) is 118 Å². The number of allylic oxidation sites excluding steroid dienone is 2. The lowest BCUT2D eigenvalue weighted by Gasteiger charge is -2.26. The van der Waals surface area contributed by atoms with E-state index in [0.717, 1.165) is 161 Å². The second-order valence-corrected chi connectivity index (χ2v) is 35.2. The van der Waals surface area contributed by atoms with Gasteiger partial charge in [0.05, 0.1) is 44.6 Å². The first-order valence-electron chi connectivity index (χ1n) is 43.9. The maximum atomic E-state index is 13.0. The van der Waals surface area contributed by atoms with E-state index in [-0.39, 0.29) is 116 Å². The Kier molecular flexibility index (Phi) is 29.0. The lowest BCUT2D eigenvalue weighted by molar-refractivity contribution is -0.177. The minimum atomic E-state index is -0.972. The molecule has 26 atom stereocenters. The van der Waals surface area contributed by atoms with Crippen molar-refractivity contribution in [3.8, 4) is 0 Å². The first-order chi connectivity index (χ1) is 56.4. The molecule has 0 aromatic heterocycles. The number of carboxylic acids is 1. The molecule has 26 nitrogen and oxygen atoms in total. The summed E-state index contributed by atoms with van der Waals surface area (Å²) in [5.74, 6) is 7.31. The van der Waals surface area contributed by atoms with E-state index in [4.69, 9.17) is 40.9 Å². The topological polar surface area (TPSA) is 357 Å². The number of halogens is 1. The summed E-state index contributed by atoms with van der Waals surface area (Å²) in [7, 11) is 2.88. The maximum Gasteiger partial charge on any atom is 0.534 e. The zero-order valence-corrected chi connectivity index (χ0v) is 67.3. The third kappa shape index (κ3) is 23.1. The molecule has 12 saturated carbocycles. The molecule has 6 amide bonds. The van der Waals surface area contributed by atoms with E-state index in [2.05, 4.69) is 32.8 Å². The van der Waals surface area contributed by atoms with Crippen molar-refractivity contribution in [1.82, 2.24) is 14.9 Å². The van der Waals surface area contributed by atoms with Crippen LogP contribution >= 0.6 is 12.4 Å². The Morgan fingerprint density at radius 3 is 1.40 bits per heavy atom. The van der Waals surface area contributed by atoms with E-state index >= 15 is 0 Å². The van der Waals surface area contributed by atoms with Crippen LogP contribution in [-0.2, 0) is 84.5 Å². The highest BCUT2D eigenvalue weighted by Gasteiger charge is 2.55. The standard InChI is InChI=1S/C19H23NO3.C18H20N4O3.C18H26O4.C13H17NO5.C10H16O2.C9H15NO2.ClH.2H2/c1-12(14-8-15-10-16(15)9-14)18(21)20-17(11-23-19(20)22)7-13-5-3-2-4-6-13;19-21-20-16(14-8-12-7-13(12)9-14)17(23)22-15(10-25-18(22)24)6-11-4-2-1-3-5-11;1-2-3-4-5-11-9-16(11)22-17(19)10-15(18(20)21)14-7-12-6-13(12)8-14;1-2-3-4-5-9-8-10(9)18-13(17)19-14-11(15)6-7-12(14)16;1-6(10(11)12-2)7-3-8-5-9(8)4-7;1-12-9(11)8(10)7-3-5-2-6(5)4-7;;;/h2-6,12,14-17H,7-11H2,1H3;1-5,12-16H,6-10H2;2,11-16H,1,3-10H2,(H,20,21);2,9-10H,1,3-8H2;6-9H,3-5H2,1-2H3;5-8H,2-4,10H2,1H3;3*1H/t12-,14?,15-,16+,17-;12-,13+,14?,15-,16-;11-,12-,13+,14?,15+,16-;9-,10-;6-,7?,8-,9+;5-,6+,7?,8-;;;/m001100.../s1/i;;;;;;;2*1+1D.